The van der Waals surface area contributed by atoms with Crippen molar-refractivity contribution in [2.24, 2.45) is 4.99 Å². The van der Waals surface area contributed by atoms with Crippen molar-refractivity contribution in [3.05, 3.63) is 69.8 Å². The molecule has 2 aromatic carbocycles. The quantitative estimate of drug-likeness (QED) is 0.585. The van der Waals surface area contributed by atoms with Crippen LogP contribution in [0.25, 0.3) is 0 Å². The first-order chi connectivity index (χ1) is 12.5. The zero-order valence-electron chi connectivity index (χ0n) is 14.6. The highest BCUT2D eigenvalue weighted by atomic mass is 32.2. The molecule has 0 aliphatic carbocycles. The molecule has 3 rings (SSSR count). The molecule has 1 aliphatic heterocycles. The summed E-state index contributed by atoms with van der Waals surface area (Å²) >= 11 is 1.56. The first-order valence-corrected chi connectivity index (χ1v) is 9.34. The standard InChI is InChI=1S/C19H19N3O3S/c1-3-16-12-26-19(20-15-6-4-5-13(2)11-15)21(16)18(23)14-7-9-17(10-8-14)22(24)25/h4-11,16H,3,12H2,1-2H3/t16-/m0/s1. The van der Waals surface area contributed by atoms with Crippen LogP contribution in [0.5, 0.6) is 0 Å². The number of nitrogens with zero attached hydrogens (tertiary/aromatic N) is 3. The summed E-state index contributed by atoms with van der Waals surface area (Å²) in [6.45, 7) is 4.04. The molecule has 0 radical (unpaired) electrons. The Morgan fingerprint density at radius 2 is 2.04 bits per heavy atom. The number of carbonyl (C=O) groups is 1. The third-order valence-corrected chi connectivity index (χ3v) is 5.32. The summed E-state index contributed by atoms with van der Waals surface area (Å²) in [5, 5.41) is 11.5. The van der Waals surface area contributed by atoms with Crippen LogP contribution in [-0.4, -0.2) is 32.7 Å². The summed E-state index contributed by atoms with van der Waals surface area (Å²) in [5.41, 5.74) is 2.31. The molecule has 0 spiro atoms. The van der Waals surface area contributed by atoms with Gasteiger partial charge in [0.2, 0.25) is 0 Å². The van der Waals surface area contributed by atoms with E-state index in [4.69, 9.17) is 0 Å². The smallest absolute Gasteiger partial charge is 0.269 e. The van der Waals surface area contributed by atoms with Crippen LogP contribution < -0.4 is 0 Å². The number of hydrogen-bond donors (Lipinski definition) is 0. The molecule has 1 saturated heterocycles. The lowest BCUT2D eigenvalue weighted by atomic mass is 10.1. The van der Waals surface area contributed by atoms with E-state index in [9.17, 15) is 14.9 Å². The second kappa shape index (κ2) is 7.70. The highest BCUT2D eigenvalue weighted by molar-refractivity contribution is 8.14. The number of aliphatic imine (C=N–C) groups is 1. The maximum atomic E-state index is 13.0. The van der Waals surface area contributed by atoms with Crippen molar-refractivity contribution >= 4 is 34.2 Å². The third-order valence-electron chi connectivity index (χ3n) is 4.22. The molecule has 26 heavy (non-hydrogen) atoms. The minimum absolute atomic E-state index is 0.0296. The van der Waals surface area contributed by atoms with Crippen LogP contribution in [0.15, 0.2) is 53.5 Å². The van der Waals surface area contributed by atoms with Crippen LogP contribution >= 0.6 is 11.8 Å². The van der Waals surface area contributed by atoms with Gasteiger partial charge in [-0.1, -0.05) is 30.8 Å². The highest BCUT2D eigenvalue weighted by Crippen LogP contribution is 2.30. The Bertz CT molecular complexity index is 865. The minimum Gasteiger partial charge on any atom is -0.283 e. The van der Waals surface area contributed by atoms with Gasteiger partial charge < -0.3 is 0 Å². The van der Waals surface area contributed by atoms with Gasteiger partial charge in [0.25, 0.3) is 11.6 Å². The van der Waals surface area contributed by atoms with Crippen LogP contribution in [-0.2, 0) is 0 Å². The molecule has 0 bridgehead atoms. The zero-order valence-corrected chi connectivity index (χ0v) is 15.4. The van der Waals surface area contributed by atoms with Crippen molar-refractivity contribution in [2.45, 2.75) is 26.3 Å². The van der Waals surface area contributed by atoms with Gasteiger partial charge in [0, 0.05) is 29.5 Å². The second-order valence-corrected chi connectivity index (χ2v) is 7.07. The molecule has 134 valence electrons. The van der Waals surface area contributed by atoms with Gasteiger partial charge in [-0.25, -0.2) is 4.99 Å². The second-order valence-electron chi connectivity index (χ2n) is 6.09. The van der Waals surface area contributed by atoms with Gasteiger partial charge in [-0.2, -0.15) is 0 Å². The lowest BCUT2D eigenvalue weighted by Gasteiger charge is -2.23. The van der Waals surface area contributed by atoms with Crippen molar-refractivity contribution in [1.29, 1.82) is 0 Å². The molecule has 1 amide bonds. The first kappa shape index (κ1) is 18.1. The number of rotatable bonds is 4. The zero-order chi connectivity index (χ0) is 18.7. The van der Waals surface area contributed by atoms with E-state index < -0.39 is 4.92 Å². The lowest BCUT2D eigenvalue weighted by Crippen LogP contribution is -2.39. The van der Waals surface area contributed by atoms with E-state index in [-0.39, 0.29) is 17.6 Å². The van der Waals surface area contributed by atoms with E-state index in [0.29, 0.717) is 10.7 Å². The fraction of sp³-hybridized carbons (Fsp3) is 0.263. The lowest BCUT2D eigenvalue weighted by molar-refractivity contribution is -0.384. The van der Waals surface area contributed by atoms with E-state index >= 15 is 0 Å². The van der Waals surface area contributed by atoms with Gasteiger partial charge in [0.05, 0.1) is 10.6 Å². The topological polar surface area (TPSA) is 75.8 Å². The molecule has 1 atom stereocenters. The largest absolute Gasteiger partial charge is 0.283 e. The van der Waals surface area contributed by atoms with E-state index in [1.165, 1.54) is 24.3 Å². The van der Waals surface area contributed by atoms with E-state index in [1.807, 2.05) is 38.1 Å². The van der Waals surface area contributed by atoms with Gasteiger partial charge in [0.15, 0.2) is 5.17 Å². The monoisotopic (exact) mass is 369 g/mol. The number of aryl methyl sites for hydroxylation is 1. The molecule has 1 aliphatic rings. The highest BCUT2D eigenvalue weighted by Gasteiger charge is 2.34. The number of amidine groups is 1. The van der Waals surface area contributed by atoms with Crippen molar-refractivity contribution in [2.75, 3.05) is 5.75 Å². The average molecular weight is 369 g/mol. The van der Waals surface area contributed by atoms with Gasteiger partial charge in [-0.3, -0.25) is 19.8 Å². The molecule has 0 N–H and O–H groups in total. The summed E-state index contributed by atoms with van der Waals surface area (Å²) in [4.78, 5) is 29.7. The first-order valence-electron chi connectivity index (χ1n) is 8.35. The van der Waals surface area contributed by atoms with Crippen molar-refractivity contribution in [3.8, 4) is 0 Å². The maximum Gasteiger partial charge on any atom is 0.269 e. The maximum absolute atomic E-state index is 13.0. The normalized spacial score (nSPS) is 18.3. The number of nitro groups is 1. The number of hydrogen-bond acceptors (Lipinski definition) is 5. The Balaban J connectivity index is 1.92. The van der Waals surface area contributed by atoms with Crippen LogP contribution in [0.4, 0.5) is 11.4 Å². The van der Waals surface area contributed by atoms with Crippen LogP contribution in [0.1, 0.15) is 29.3 Å². The fourth-order valence-electron chi connectivity index (χ4n) is 2.78. The number of non-ortho nitro benzene ring substituents is 1. The number of benzene rings is 2. The average Bonchev–Trinajstić information content (AvgIpc) is 3.03. The van der Waals surface area contributed by atoms with Crippen molar-refractivity contribution in [1.82, 2.24) is 4.90 Å². The predicted molar refractivity (Wildman–Crippen MR) is 104 cm³/mol. The molecule has 0 aromatic heterocycles. The van der Waals surface area contributed by atoms with Crippen LogP contribution in [0.3, 0.4) is 0 Å². The summed E-state index contributed by atoms with van der Waals surface area (Å²) in [7, 11) is 0. The van der Waals surface area contributed by atoms with E-state index in [2.05, 4.69) is 4.99 Å². The molecule has 1 heterocycles. The molecule has 0 saturated carbocycles. The fourth-order valence-corrected chi connectivity index (χ4v) is 4.05. The Kier molecular flexibility index (Phi) is 5.37. The van der Waals surface area contributed by atoms with Crippen molar-refractivity contribution in [3.63, 3.8) is 0 Å². The van der Waals surface area contributed by atoms with E-state index in [0.717, 1.165) is 23.4 Å². The number of carbonyl (C=O) groups excluding carboxylic acids is 1. The van der Waals surface area contributed by atoms with Gasteiger partial charge in [-0.15, -0.1) is 0 Å². The van der Waals surface area contributed by atoms with Crippen LogP contribution in [0.2, 0.25) is 0 Å². The summed E-state index contributed by atoms with van der Waals surface area (Å²) < 4.78 is 0. The number of amides is 1. The summed E-state index contributed by atoms with van der Waals surface area (Å²) in [5.74, 6) is 0.614. The SMILES string of the molecule is CC[C@H]1CSC(=Nc2cccc(C)c2)N1C(=O)c1ccc([N+](=O)[O-])cc1. The Morgan fingerprint density at radius 1 is 1.31 bits per heavy atom. The van der Waals surface area contributed by atoms with Gasteiger partial charge >= 0.3 is 0 Å². The number of thioether (sulfide) groups is 1. The predicted octanol–water partition coefficient (Wildman–Crippen LogP) is 4.56. The third kappa shape index (κ3) is 3.77. The molecule has 0 unspecified atom stereocenters. The summed E-state index contributed by atoms with van der Waals surface area (Å²) in [6, 6.07) is 13.6. The number of nitro benzene ring substituents is 1. The Morgan fingerprint density at radius 3 is 2.65 bits per heavy atom. The molecule has 2 aromatic rings. The molecular weight excluding hydrogens is 350 g/mol. The summed E-state index contributed by atoms with van der Waals surface area (Å²) in [6.07, 6.45) is 0.818. The van der Waals surface area contributed by atoms with E-state index in [1.54, 1.807) is 16.7 Å². The molecule has 1 fully saturated rings. The minimum atomic E-state index is -0.473. The van der Waals surface area contributed by atoms with Crippen LogP contribution in [0, 0.1) is 17.0 Å². The van der Waals surface area contributed by atoms with Crippen molar-refractivity contribution < 1.29 is 9.72 Å². The Labute approximate surface area is 156 Å². The Hall–Kier alpha value is -2.67. The molecule has 6 nitrogen and oxygen atoms in total. The van der Waals surface area contributed by atoms with Gasteiger partial charge in [-0.05, 0) is 43.2 Å². The molecule has 7 heteroatoms. The van der Waals surface area contributed by atoms with Gasteiger partial charge in [0.1, 0.15) is 0 Å². The molecular formula is C19H19N3O3S.